The number of anilines is 1. The number of benzene rings is 1. The van der Waals surface area contributed by atoms with E-state index in [1.165, 1.54) is 0 Å². The summed E-state index contributed by atoms with van der Waals surface area (Å²) in [6.45, 7) is 6.63. The maximum absolute atomic E-state index is 12.8. The number of carbonyl (C=O) groups excluding carboxylic acids is 2. The Hall–Kier alpha value is -2.83. The maximum Gasteiger partial charge on any atom is 0.322 e. The Bertz CT molecular complexity index is 794. The quantitative estimate of drug-likeness (QED) is 0.809. The first-order valence-electron chi connectivity index (χ1n) is 9.24. The number of amides is 2. The highest BCUT2D eigenvalue weighted by Crippen LogP contribution is 2.35. The minimum absolute atomic E-state index is 0.0145. The topological polar surface area (TPSA) is 84.7 Å². The molecular formula is C20H25N3O4. The van der Waals surface area contributed by atoms with Crippen LogP contribution in [0.4, 0.5) is 10.5 Å². The van der Waals surface area contributed by atoms with Crippen LogP contribution in [0.2, 0.25) is 0 Å². The second-order valence-electron chi connectivity index (χ2n) is 6.70. The van der Waals surface area contributed by atoms with Gasteiger partial charge >= 0.3 is 12.0 Å². The summed E-state index contributed by atoms with van der Waals surface area (Å²) in [4.78, 5) is 26.2. The summed E-state index contributed by atoms with van der Waals surface area (Å²) in [6.07, 6.45) is 2.07. The van der Waals surface area contributed by atoms with Gasteiger partial charge in [0.1, 0.15) is 5.76 Å². The number of nitrogens with zero attached hydrogens (tertiary/aromatic N) is 2. The average molecular weight is 371 g/mol. The first kappa shape index (κ1) is 18.9. The summed E-state index contributed by atoms with van der Waals surface area (Å²) in [5.41, 5.74) is 3.38. The minimum Gasteiger partial charge on any atom is -0.466 e. The molecule has 3 rings (SSSR count). The number of hydrogen-bond donors (Lipinski definition) is 1. The lowest BCUT2D eigenvalue weighted by Crippen LogP contribution is -2.34. The molecule has 0 bridgehead atoms. The fourth-order valence-electron chi connectivity index (χ4n) is 3.56. The molecule has 27 heavy (non-hydrogen) atoms. The lowest BCUT2D eigenvalue weighted by molar-refractivity contribution is -0.142. The van der Waals surface area contributed by atoms with E-state index in [0.717, 1.165) is 35.4 Å². The highest BCUT2D eigenvalue weighted by Gasteiger charge is 2.33. The fraction of sp³-hybridized carbons (Fsp3) is 0.450. The Labute approximate surface area is 158 Å². The SMILES string of the molecule is CCOC(=O)Cc1ccc(NC(=O)N2CCC[C@@H]2c2c(C)noc2C)cc1. The van der Waals surface area contributed by atoms with Gasteiger partial charge < -0.3 is 19.5 Å². The van der Waals surface area contributed by atoms with Crippen molar-refractivity contribution >= 4 is 17.7 Å². The first-order chi connectivity index (χ1) is 13.0. The van der Waals surface area contributed by atoms with Crippen LogP contribution in [-0.4, -0.2) is 35.2 Å². The zero-order valence-corrected chi connectivity index (χ0v) is 15.9. The van der Waals surface area contributed by atoms with Crippen LogP contribution in [-0.2, 0) is 16.0 Å². The van der Waals surface area contributed by atoms with Crippen molar-refractivity contribution in [2.45, 2.75) is 46.1 Å². The van der Waals surface area contributed by atoms with Crippen LogP contribution in [0.15, 0.2) is 28.8 Å². The summed E-state index contributed by atoms with van der Waals surface area (Å²) < 4.78 is 10.2. The van der Waals surface area contributed by atoms with E-state index in [2.05, 4.69) is 10.5 Å². The Morgan fingerprint density at radius 1 is 1.30 bits per heavy atom. The van der Waals surface area contributed by atoms with Crippen molar-refractivity contribution in [3.8, 4) is 0 Å². The van der Waals surface area contributed by atoms with Crippen LogP contribution in [0.5, 0.6) is 0 Å². The van der Waals surface area contributed by atoms with E-state index in [1.54, 1.807) is 19.1 Å². The van der Waals surface area contributed by atoms with Gasteiger partial charge in [0.25, 0.3) is 0 Å². The maximum atomic E-state index is 12.8. The number of aromatic nitrogens is 1. The largest absolute Gasteiger partial charge is 0.466 e. The Morgan fingerprint density at radius 3 is 2.67 bits per heavy atom. The van der Waals surface area contributed by atoms with Crippen LogP contribution >= 0.6 is 0 Å². The number of rotatable bonds is 5. The van der Waals surface area contributed by atoms with Crippen LogP contribution in [0.1, 0.15) is 48.4 Å². The molecule has 1 aromatic heterocycles. The zero-order chi connectivity index (χ0) is 19.4. The second-order valence-corrected chi connectivity index (χ2v) is 6.70. The summed E-state index contributed by atoms with van der Waals surface area (Å²) in [5, 5.41) is 6.95. The molecule has 0 radical (unpaired) electrons. The van der Waals surface area contributed by atoms with Gasteiger partial charge in [-0.25, -0.2) is 4.79 Å². The smallest absolute Gasteiger partial charge is 0.322 e. The minimum atomic E-state index is -0.256. The van der Waals surface area contributed by atoms with Crippen molar-refractivity contribution in [3.63, 3.8) is 0 Å². The van der Waals surface area contributed by atoms with Crippen LogP contribution in [0.3, 0.4) is 0 Å². The number of ether oxygens (including phenoxy) is 1. The van der Waals surface area contributed by atoms with Gasteiger partial charge in [-0.1, -0.05) is 17.3 Å². The lowest BCUT2D eigenvalue weighted by Gasteiger charge is -2.25. The summed E-state index contributed by atoms with van der Waals surface area (Å²) in [7, 11) is 0. The molecule has 0 saturated carbocycles. The van der Waals surface area contributed by atoms with Crippen molar-refractivity contribution in [2.75, 3.05) is 18.5 Å². The predicted molar refractivity (Wildman–Crippen MR) is 100 cm³/mol. The fourth-order valence-corrected chi connectivity index (χ4v) is 3.56. The number of esters is 1. The van der Waals surface area contributed by atoms with E-state index in [4.69, 9.17) is 9.26 Å². The third-order valence-electron chi connectivity index (χ3n) is 4.79. The first-order valence-corrected chi connectivity index (χ1v) is 9.24. The molecule has 1 fully saturated rings. The van der Waals surface area contributed by atoms with Crippen molar-refractivity contribution in [1.29, 1.82) is 0 Å². The standard InChI is InChI=1S/C20H25N3O4/c1-4-26-18(24)12-15-7-9-16(10-8-15)21-20(25)23-11-5-6-17(23)19-13(2)22-27-14(19)3/h7-10,17H,4-6,11-12H2,1-3H3,(H,21,25)/t17-/m1/s1. The van der Waals surface area contributed by atoms with E-state index in [0.29, 0.717) is 18.8 Å². The highest BCUT2D eigenvalue weighted by molar-refractivity contribution is 5.90. The van der Waals surface area contributed by atoms with Crippen molar-refractivity contribution in [1.82, 2.24) is 10.1 Å². The number of likely N-dealkylation sites (tertiary alicyclic amines) is 1. The van der Waals surface area contributed by atoms with E-state index < -0.39 is 0 Å². The van der Waals surface area contributed by atoms with Gasteiger partial charge in [-0.2, -0.15) is 0 Å². The molecule has 144 valence electrons. The summed E-state index contributed by atoms with van der Waals surface area (Å²) >= 11 is 0. The molecule has 0 unspecified atom stereocenters. The molecule has 2 aromatic rings. The van der Waals surface area contributed by atoms with Gasteiger partial charge in [0.2, 0.25) is 0 Å². The van der Waals surface area contributed by atoms with Gasteiger partial charge in [0, 0.05) is 17.8 Å². The second kappa shape index (κ2) is 8.24. The number of nitrogens with one attached hydrogen (secondary N) is 1. The molecule has 2 heterocycles. The molecular weight excluding hydrogens is 346 g/mol. The molecule has 1 atom stereocenters. The van der Waals surface area contributed by atoms with E-state index in [9.17, 15) is 9.59 Å². The van der Waals surface area contributed by atoms with Crippen LogP contribution in [0, 0.1) is 13.8 Å². The molecule has 0 spiro atoms. The van der Waals surface area contributed by atoms with Crippen molar-refractivity contribution in [3.05, 3.63) is 46.8 Å². The molecule has 1 N–H and O–H groups in total. The number of urea groups is 1. The van der Waals surface area contributed by atoms with E-state index in [1.807, 2.05) is 30.9 Å². The van der Waals surface area contributed by atoms with Crippen LogP contribution < -0.4 is 5.32 Å². The summed E-state index contributed by atoms with van der Waals surface area (Å²) in [6, 6.07) is 7.08. The zero-order valence-electron chi connectivity index (χ0n) is 15.9. The molecule has 1 aliphatic heterocycles. The molecule has 7 heteroatoms. The van der Waals surface area contributed by atoms with E-state index in [-0.39, 0.29) is 24.5 Å². The molecule has 1 aliphatic rings. The molecule has 1 aromatic carbocycles. The number of carbonyl (C=O) groups is 2. The third-order valence-corrected chi connectivity index (χ3v) is 4.79. The monoisotopic (exact) mass is 371 g/mol. The molecule has 1 saturated heterocycles. The molecule has 7 nitrogen and oxygen atoms in total. The molecule has 0 aliphatic carbocycles. The third kappa shape index (κ3) is 4.30. The number of hydrogen-bond acceptors (Lipinski definition) is 5. The summed E-state index contributed by atoms with van der Waals surface area (Å²) in [5.74, 6) is 0.508. The van der Waals surface area contributed by atoms with Crippen molar-refractivity contribution < 1.29 is 18.8 Å². The van der Waals surface area contributed by atoms with E-state index >= 15 is 0 Å². The van der Waals surface area contributed by atoms with Crippen LogP contribution in [0.25, 0.3) is 0 Å². The highest BCUT2D eigenvalue weighted by atomic mass is 16.5. The average Bonchev–Trinajstić information content (AvgIpc) is 3.23. The predicted octanol–water partition coefficient (Wildman–Crippen LogP) is 3.77. The Balaban J connectivity index is 1.65. The van der Waals surface area contributed by atoms with Gasteiger partial charge in [0.05, 0.1) is 24.8 Å². The van der Waals surface area contributed by atoms with Gasteiger partial charge in [0.15, 0.2) is 0 Å². The Kier molecular flexibility index (Phi) is 5.78. The van der Waals surface area contributed by atoms with Gasteiger partial charge in [-0.05, 0) is 51.3 Å². The molecule has 2 amide bonds. The van der Waals surface area contributed by atoms with Crippen molar-refractivity contribution in [2.24, 2.45) is 0 Å². The lowest BCUT2D eigenvalue weighted by atomic mass is 10.0. The Morgan fingerprint density at radius 2 is 2.04 bits per heavy atom. The normalized spacial score (nSPS) is 16.4. The van der Waals surface area contributed by atoms with Gasteiger partial charge in [-0.3, -0.25) is 4.79 Å². The van der Waals surface area contributed by atoms with Gasteiger partial charge in [-0.15, -0.1) is 0 Å². The number of aryl methyl sites for hydroxylation is 2.